The van der Waals surface area contributed by atoms with Gasteiger partial charge in [0, 0.05) is 16.4 Å². The molecule has 0 saturated carbocycles. The number of fused-ring (bicyclic) bond motifs is 1. The first-order valence-corrected chi connectivity index (χ1v) is 11.5. The number of nitrogens with zero attached hydrogens (tertiary/aromatic N) is 1. The molecule has 9 heteroatoms. The van der Waals surface area contributed by atoms with Gasteiger partial charge in [0.25, 0.3) is 0 Å². The van der Waals surface area contributed by atoms with Crippen LogP contribution in [0.3, 0.4) is 0 Å². The number of alkyl halides is 1. The van der Waals surface area contributed by atoms with E-state index in [-0.39, 0.29) is 22.7 Å². The van der Waals surface area contributed by atoms with Crippen LogP contribution in [0.25, 0.3) is 10.8 Å². The number of hydrogen-bond acceptors (Lipinski definition) is 3. The lowest BCUT2D eigenvalue weighted by Crippen LogP contribution is -2.28. The van der Waals surface area contributed by atoms with Crippen molar-refractivity contribution in [2.45, 2.75) is 15.6 Å². The predicted molar refractivity (Wildman–Crippen MR) is 115 cm³/mol. The molecule has 1 aliphatic heterocycles. The van der Waals surface area contributed by atoms with Gasteiger partial charge in [-0.1, -0.05) is 51.8 Å². The molecule has 1 heterocycles. The van der Waals surface area contributed by atoms with Crippen molar-refractivity contribution in [2.24, 2.45) is 5.14 Å². The van der Waals surface area contributed by atoms with Crippen molar-refractivity contribution in [3.8, 4) is 0 Å². The Balaban J connectivity index is 1.94. The number of anilines is 1. The maximum Gasteiger partial charge on any atom is 0.238 e. The van der Waals surface area contributed by atoms with E-state index in [9.17, 15) is 17.6 Å². The van der Waals surface area contributed by atoms with E-state index in [1.165, 1.54) is 29.2 Å². The molecule has 0 aliphatic carbocycles. The molecule has 150 valence electrons. The van der Waals surface area contributed by atoms with Gasteiger partial charge in [0.1, 0.15) is 5.82 Å². The molecule has 0 aromatic heterocycles. The van der Waals surface area contributed by atoms with E-state index in [0.717, 1.165) is 0 Å². The summed E-state index contributed by atoms with van der Waals surface area (Å²) in [7, 11) is -4.11. The number of para-hydroxylation sites is 1. The van der Waals surface area contributed by atoms with E-state index in [0.29, 0.717) is 15.8 Å². The second-order valence-corrected chi connectivity index (χ2v) is 9.92. The second kappa shape index (κ2) is 7.36. The van der Waals surface area contributed by atoms with Crippen molar-refractivity contribution in [2.75, 3.05) is 11.4 Å². The van der Waals surface area contributed by atoms with Crippen molar-refractivity contribution in [1.29, 1.82) is 0 Å². The van der Waals surface area contributed by atoms with Gasteiger partial charge in [-0.3, -0.25) is 4.79 Å². The van der Waals surface area contributed by atoms with E-state index >= 15 is 0 Å². The third-order valence-corrected chi connectivity index (χ3v) is 7.02. The van der Waals surface area contributed by atoms with Crippen LogP contribution >= 0.6 is 27.5 Å². The summed E-state index contributed by atoms with van der Waals surface area (Å²) in [6.45, 7) is 0.179. The molecular weight excluding hydrogens is 483 g/mol. The summed E-state index contributed by atoms with van der Waals surface area (Å²) in [6.07, 6.45) is 0. The fraction of sp³-hybridized carbons (Fsp3) is 0.150. The summed E-state index contributed by atoms with van der Waals surface area (Å²) >= 11 is 9.57. The molecule has 0 radical (unpaired) electrons. The Morgan fingerprint density at radius 1 is 1.14 bits per heavy atom. The van der Waals surface area contributed by atoms with Gasteiger partial charge in [0.05, 0.1) is 16.5 Å². The number of carbonyl (C=O) groups excluding carboxylic acids is 1. The van der Waals surface area contributed by atoms with Gasteiger partial charge in [0.15, 0.2) is 0 Å². The van der Waals surface area contributed by atoms with Crippen molar-refractivity contribution in [3.63, 3.8) is 0 Å². The molecule has 1 amide bonds. The number of rotatable bonds is 3. The van der Waals surface area contributed by atoms with E-state index in [4.69, 9.17) is 16.7 Å². The van der Waals surface area contributed by atoms with Gasteiger partial charge in [0.2, 0.25) is 15.9 Å². The molecule has 1 fully saturated rings. The minimum absolute atomic E-state index is 0.134. The first-order chi connectivity index (χ1) is 13.7. The highest BCUT2D eigenvalue weighted by atomic mass is 79.9. The van der Waals surface area contributed by atoms with Crippen LogP contribution in [0.5, 0.6) is 0 Å². The summed E-state index contributed by atoms with van der Waals surface area (Å²) in [5.41, 5.74) is 0.428. The number of benzene rings is 3. The number of halogens is 3. The van der Waals surface area contributed by atoms with Crippen molar-refractivity contribution >= 4 is 59.9 Å². The maximum absolute atomic E-state index is 14.3. The highest BCUT2D eigenvalue weighted by molar-refractivity contribution is 9.09. The molecular formula is C20H15BrClFN2O3S. The lowest BCUT2D eigenvalue weighted by atomic mass is 9.92. The van der Waals surface area contributed by atoms with E-state index in [1.54, 1.807) is 30.3 Å². The lowest BCUT2D eigenvalue weighted by Gasteiger charge is -2.20. The summed E-state index contributed by atoms with van der Waals surface area (Å²) in [5.74, 6) is -1.81. The van der Waals surface area contributed by atoms with E-state index < -0.39 is 32.5 Å². The number of hydrogen-bond donors (Lipinski definition) is 1. The Labute approximate surface area is 180 Å². The number of carbonyl (C=O) groups is 1. The first kappa shape index (κ1) is 20.3. The highest BCUT2D eigenvalue weighted by Crippen LogP contribution is 2.42. The molecule has 2 atom stereocenters. The van der Waals surface area contributed by atoms with Gasteiger partial charge in [-0.05, 0) is 46.7 Å². The van der Waals surface area contributed by atoms with Crippen LogP contribution in [0.15, 0.2) is 59.5 Å². The summed E-state index contributed by atoms with van der Waals surface area (Å²) in [4.78, 5) is 14.1. The average Bonchev–Trinajstić information content (AvgIpc) is 2.94. The minimum atomic E-state index is -4.11. The van der Waals surface area contributed by atoms with Crippen LogP contribution in [0.1, 0.15) is 11.5 Å². The zero-order valence-electron chi connectivity index (χ0n) is 14.8. The molecule has 5 nitrogen and oxygen atoms in total. The minimum Gasteiger partial charge on any atom is -0.308 e. The van der Waals surface area contributed by atoms with Crippen molar-refractivity contribution < 1.29 is 17.6 Å². The third kappa shape index (κ3) is 3.54. The smallest absolute Gasteiger partial charge is 0.238 e. The molecule has 0 spiro atoms. The maximum atomic E-state index is 14.3. The molecule has 1 aliphatic rings. The van der Waals surface area contributed by atoms with Gasteiger partial charge in [-0.25, -0.2) is 17.9 Å². The third-order valence-electron chi connectivity index (χ3n) is 5.00. The molecule has 3 aromatic rings. The van der Waals surface area contributed by atoms with Gasteiger partial charge < -0.3 is 4.90 Å². The zero-order valence-corrected chi connectivity index (χ0v) is 18.0. The van der Waals surface area contributed by atoms with Gasteiger partial charge in [-0.2, -0.15) is 0 Å². The number of amides is 1. The average molecular weight is 498 g/mol. The van der Waals surface area contributed by atoms with Gasteiger partial charge >= 0.3 is 0 Å². The molecule has 1 saturated heterocycles. The van der Waals surface area contributed by atoms with Crippen LogP contribution in [-0.2, 0) is 14.8 Å². The summed E-state index contributed by atoms with van der Waals surface area (Å²) in [5, 5.41) is 7.16. The Morgan fingerprint density at radius 3 is 2.55 bits per heavy atom. The molecule has 29 heavy (non-hydrogen) atoms. The number of nitrogens with two attached hydrogens (primary N) is 1. The molecule has 3 aromatic carbocycles. The van der Waals surface area contributed by atoms with Gasteiger partial charge in [-0.15, -0.1) is 0 Å². The van der Waals surface area contributed by atoms with Crippen LogP contribution in [0, 0.1) is 5.82 Å². The highest BCUT2D eigenvalue weighted by Gasteiger charge is 2.44. The SMILES string of the molecule is NS(=O)(=O)c1ccc2cc(Cl)ccc2c1C1C(=O)N(c2ccccc2F)CC1Br. The Bertz CT molecular complexity index is 1250. The van der Waals surface area contributed by atoms with Crippen LogP contribution in [0.2, 0.25) is 5.02 Å². The monoisotopic (exact) mass is 496 g/mol. The van der Waals surface area contributed by atoms with Crippen LogP contribution < -0.4 is 10.0 Å². The molecule has 2 unspecified atom stereocenters. The van der Waals surface area contributed by atoms with Crippen LogP contribution in [0.4, 0.5) is 10.1 Å². The van der Waals surface area contributed by atoms with Crippen LogP contribution in [-0.4, -0.2) is 25.7 Å². The Morgan fingerprint density at radius 2 is 1.86 bits per heavy atom. The summed E-state index contributed by atoms with van der Waals surface area (Å²) < 4.78 is 38.9. The van der Waals surface area contributed by atoms with E-state index in [2.05, 4.69) is 15.9 Å². The standard InChI is InChI=1S/C20H15BrClFN2O3S/c21-14-10-25(16-4-2-1-3-15(16)23)20(26)19(14)18-13-7-6-12(22)9-11(13)5-8-17(18)29(24,27)28/h1-9,14,19H,10H2,(H2,24,27,28). The van der Waals surface area contributed by atoms with Crippen molar-refractivity contribution in [3.05, 3.63) is 71.0 Å². The van der Waals surface area contributed by atoms with E-state index in [1.807, 2.05) is 0 Å². The fourth-order valence-corrected chi connectivity index (χ4v) is 5.52. The Hall–Kier alpha value is -2.00. The fourth-order valence-electron chi connectivity index (χ4n) is 3.76. The quantitative estimate of drug-likeness (QED) is 0.552. The van der Waals surface area contributed by atoms with Crippen molar-refractivity contribution in [1.82, 2.24) is 0 Å². The normalized spacial score (nSPS) is 19.9. The lowest BCUT2D eigenvalue weighted by molar-refractivity contribution is -0.118. The zero-order chi connectivity index (χ0) is 20.9. The summed E-state index contributed by atoms with van der Waals surface area (Å²) in [6, 6.07) is 13.9. The second-order valence-electron chi connectivity index (χ2n) is 6.78. The molecule has 4 rings (SSSR count). The topological polar surface area (TPSA) is 80.5 Å². The number of primary sulfonamides is 1. The largest absolute Gasteiger partial charge is 0.308 e. The molecule has 0 bridgehead atoms. The molecule has 2 N–H and O–H groups in total. The Kier molecular flexibility index (Phi) is 5.14. The first-order valence-electron chi connectivity index (χ1n) is 8.63. The predicted octanol–water partition coefficient (Wildman–Crippen LogP) is 4.17. The number of sulfonamides is 1.